The highest BCUT2D eigenvalue weighted by Crippen LogP contribution is 2.27. The molecule has 7 nitrogen and oxygen atoms in total. The van der Waals surface area contributed by atoms with Crippen LogP contribution in [0, 0.1) is 5.92 Å². The Hall–Kier alpha value is -1.99. The summed E-state index contributed by atoms with van der Waals surface area (Å²) in [6.07, 6.45) is 0.201. The normalized spacial score (nSPS) is 22.0. The molecular formula is C21H35N5O2. The molecule has 0 saturated carbocycles. The van der Waals surface area contributed by atoms with Crippen molar-refractivity contribution < 1.29 is 9.84 Å². The molecule has 2 heterocycles. The average Bonchev–Trinajstić information content (AvgIpc) is 2.69. The van der Waals surface area contributed by atoms with E-state index in [2.05, 4.69) is 38.9 Å². The molecule has 156 valence electrons. The number of phenolic OH excluding ortho intramolecular Hbond substituents is 1. The average molecular weight is 390 g/mol. The number of benzene rings is 1. The molecule has 1 aromatic rings. The van der Waals surface area contributed by atoms with Crippen LogP contribution in [0.1, 0.15) is 13.8 Å². The number of nitrogens with zero attached hydrogens (tertiary/aromatic N) is 4. The lowest BCUT2D eigenvalue weighted by atomic mass is 10.2. The molecule has 2 aliphatic rings. The van der Waals surface area contributed by atoms with Gasteiger partial charge in [0.25, 0.3) is 0 Å². The zero-order chi connectivity index (χ0) is 19.9. The maximum Gasteiger partial charge on any atom is 0.193 e. The highest BCUT2D eigenvalue weighted by Gasteiger charge is 2.24. The molecule has 7 heteroatoms. The Morgan fingerprint density at radius 3 is 2.64 bits per heavy atom. The van der Waals surface area contributed by atoms with Gasteiger partial charge in [0.2, 0.25) is 0 Å². The predicted octanol–water partition coefficient (Wildman–Crippen LogP) is 1.45. The Morgan fingerprint density at radius 1 is 1.21 bits per heavy atom. The summed E-state index contributed by atoms with van der Waals surface area (Å²) >= 11 is 0. The molecule has 0 aliphatic carbocycles. The number of hydrogen-bond donors (Lipinski definition) is 2. The number of piperazine rings is 1. The summed E-state index contributed by atoms with van der Waals surface area (Å²) in [7, 11) is 1.84. The number of aliphatic imine (C=N–C) groups is 1. The fourth-order valence-electron chi connectivity index (χ4n) is 4.01. The number of hydrogen-bond acceptors (Lipinski definition) is 5. The Labute approximate surface area is 169 Å². The maximum absolute atomic E-state index is 10.1. The van der Waals surface area contributed by atoms with Crippen LogP contribution in [-0.4, -0.2) is 93.0 Å². The van der Waals surface area contributed by atoms with E-state index >= 15 is 0 Å². The molecule has 0 spiro atoms. The van der Waals surface area contributed by atoms with Crippen LogP contribution in [0.15, 0.2) is 29.3 Å². The molecule has 2 N–H and O–H groups in total. The van der Waals surface area contributed by atoms with Crippen LogP contribution in [0.25, 0.3) is 0 Å². The van der Waals surface area contributed by atoms with Crippen molar-refractivity contribution >= 4 is 11.6 Å². The first kappa shape index (κ1) is 20.7. The largest absolute Gasteiger partial charge is 0.506 e. The smallest absolute Gasteiger partial charge is 0.193 e. The Bertz CT molecular complexity index is 643. The third-order valence-corrected chi connectivity index (χ3v) is 5.35. The second-order valence-corrected chi connectivity index (χ2v) is 8.04. The minimum atomic E-state index is 0.201. The van der Waals surface area contributed by atoms with Gasteiger partial charge in [-0.05, 0) is 18.1 Å². The molecule has 0 amide bonds. The fourth-order valence-corrected chi connectivity index (χ4v) is 4.01. The molecule has 2 fully saturated rings. The molecule has 2 aliphatic heterocycles. The molecule has 1 unspecified atom stereocenters. The van der Waals surface area contributed by atoms with Crippen LogP contribution >= 0.6 is 0 Å². The van der Waals surface area contributed by atoms with Gasteiger partial charge in [0.05, 0.1) is 18.4 Å². The van der Waals surface area contributed by atoms with Gasteiger partial charge >= 0.3 is 0 Å². The highest BCUT2D eigenvalue weighted by atomic mass is 16.5. The third-order valence-electron chi connectivity index (χ3n) is 5.35. The van der Waals surface area contributed by atoms with Crippen LogP contribution < -0.4 is 10.2 Å². The van der Waals surface area contributed by atoms with Gasteiger partial charge in [0, 0.05) is 59.4 Å². The quantitative estimate of drug-likeness (QED) is 0.587. The van der Waals surface area contributed by atoms with Crippen LogP contribution in [0.5, 0.6) is 5.75 Å². The van der Waals surface area contributed by atoms with Crippen LogP contribution in [0.4, 0.5) is 5.69 Å². The Kier molecular flexibility index (Phi) is 7.39. The first-order chi connectivity index (χ1) is 13.6. The summed E-state index contributed by atoms with van der Waals surface area (Å²) in [5.41, 5.74) is 0.908. The van der Waals surface area contributed by atoms with Crippen molar-refractivity contribution in [1.29, 1.82) is 0 Å². The lowest BCUT2D eigenvalue weighted by Crippen LogP contribution is -2.55. The first-order valence-electron chi connectivity index (χ1n) is 10.4. The lowest BCUT2D eigenvalue weighted by molar-refractivity contribution is -0.0286. The van der Waals surface area contributed by atoms with Crippen molar-refractivity contribution in [3.63, 3.8) is 0 Å². The zero-order valence-corrected chi connectivity index (χ0v) is 17.5. The number of nitrogens with one attached hydrogen (secondary N) is 1. The Morgan fingerprint density at radius 2 is 1.96 bits per heavy atom. The number of rotatable bonds is 5. The number of anilines is 1. The zero-order valence-electron chi connectivity index (χ0n) is 17.5. The topological polar surface area (TPSA) is 63.6 Å². The van der Waals surface area contributed by atoms with Gasteiger partial charge in [-0.3, -0.25) is 9.89 Å². The number of para-hydroxylation sites is 2. The lowest BCUT2D eigenvalue weighted by Gasteiger charge is -2.38. The second-order valence-electron chi connectivity index (χ2n) is 8.04. The fraction of sp³-hybridized carbons (Fsp3) is 0.667. The highest BCUT2D eigenvalue weighted by molar-refractivity contribution is 5.80. The van der Waals surface area contributed by atoms with Gasteiger partial charge in [-0.25, -0.2) is 0 Å². The van der Waals surface area contributed by atoms with E-state index in [4.69, 9.17) is 4.74 Å². The van der Waals surface area contributed by atoms with Gasteiger partial charge in [-0.15, -0.1) is 0 Å². The molecule has 2 saturated heterocycles. The number of phenols is 1. The van der Waals surface area contributed by atoms with E-state index in [1.54, 1.807) is 6.07 Å². The number of morpholine rings is 1. The van der Waals surface area contributed by atoms with E-state index in [1.165, 1.54) is 0 Å². The predicted molar refractivity (Wildman–Crippen MR) is 114 cm³/mol. The second kappa shape index (κ2) is 9.98. The maximum atomic E-state index is 10.1. The van der Waals surface area contributed by atoms with Crippen molar-refractivity contribution in [2.24, 2.45) is 10.9 Å². The third kappa shape index (κ3) is 5.52. The summed E-state index contributed by atoms with van der Waals surface area (Å²) in [6.45, 7) is 12.7. The van der Waals surface area contributed by atoms with Crippen LogP contribution in [-0.2, 0) is 4.74 Å². The number of aromatic hydroxyl groups is 1. The summed E-state index contributed by atoms with van der Waals surface area (Å²) in [4.78, 5) is 11.5. The molecule has 0 aromatic heterocycles. The molecule has 3 rings (SSSR count). The van der Waals surface area contributed by atoms with Gasteiger partial charge < -0.3 is 25.0 Å². The van der Waals surface area contributed by atoms with Crippen LogP contribution in [0.2, 0.25) is 0 Å². The molecule has 1 aromatic carbocycles. The molecule has 0 radical (unpaired) electrons. The van der Waals surface area contributed by atoms with Gasteiger partial charge in [0.1, 0.15) is 5.75 Å². The minimum Gasteiger partial charge on any atom is -0.506 e. The minimum absolute atomic E-state index is 0.201. The van der Waals surface area contributed by atoms with E-state index in [-0.39, 0.29) is 6.10 Å². The van der Waals surface area contributed by atoms with E-state index < -0.39 is 0 Å². The van der Waals surface area contributed by atoms with Crippen molar-refractivity contribution in [1.82, 2.24) is 15.1 Å². The van der Waals surface area contributed by atoms with Crippen molar-refractivity contribution in [3.05, 3.63) is 24.3 Å². The van der Waals surface area contributed by atoms with Crippen molar-refractivity contribution in [2.75, 3.05) is 70.9 Å². The van der Waals surface area contributed by atoms with Crippen molar-refractivity contribution in [3.8, 4) is 5.75 Å². The van der Waals surface area contributed by atoms with Crippen LogP contribution in [0.3, 0.4) is 0 Å². The van der Waals surface area contributed by atoms with E-state index in [9.17, 15) is 5.11 Å². The van der Waals surface area contributed by atoms with Gasteiger partial charge in [-0.2, -0.15) is 0 Å². The molecule has 1 atom stereocenters. The summed E-state index contributed by atoms with van der Waals surface area (Å²) in [5, 5.41) is 13.6. The van der Waals surface area contributed by atoms with Gasteiger partial charge in [-0.1, -0.05) is 26.0 Å². The van der Waals surface area contributed by atoms with E-state index in [0.29, 0.717) is 11.7 Å². The SMILES string of the molecule is CN=C(NCC1CN(CC(C)C)CCO1)N1CCN(c2ccccc2O)CC1. The van der Waals surface area contributed by atoms with Gasteiger partial charge in [0.15, 0.2) is 5.96 Å². The first-order valence-corrected chi connectivity index (χ1v) is 10.4. The standard InChI is InChI=1S/C21H35N5O2/c1-17(2)15-24-12-13-28-18(16-24)14-23-21(22-3)26-10-8-25(9-11-26)19-6-4-5-7-20(19)27/h4-7,17-18,27H,8-16H2,1-3H3,(H,22,23). The number of ether oxygens (including phenoxy) is 1. The molecular weight excluding hydrogens is 354 g/mol. The molecule has 0 bridgehead atoms. The monoisotopic (exact) mass is 389 g/mol. The Balaban J connectivity index is 1.47. The van der Waals surface area contributed by atoms with E-state index in [1.807, 2.05) is 25.2 Å². The molecule has 28 heavy (non-hydrogen) atoms. The van der Waals surface area contributed by atoms with Crippen molar-refractivity contribution in [2.45, 2.75) is 20.0 Å². The summed E-state index contributed by atoms with van der Waals surface area (Å²) < 4.78 is 5.95. The summed E-state index contributed by atoms with van der Waals surface area (Å²) in [6, 6.07) is 7.54. The van der Waals surface area contributed by atoms with E-state index in [0.717, 1.165) is 70.6 Å². The summed E-state index contributed by atoms with van der Waals surface area (Å²) in [5.74, 6) is 1.96. The number of guanidine groups is 1.